The monoisotopic (exact) mass is 921 g/mol. The highest BCUT2D eigenvalue weighted by molar-refractivity contribution is 5.94. The van der Waals surface area contributed by atoms with Crippen LogP contribution in [0.25, 0.3) is 56.2 Å². The number of benzene rings is 9. The molecule has 5 heteroatoms. The minimum absolute atomic E-state index is 0.513. The lowest BCUT2D eigenvalue weighted by Crippen LogP contribution is -2.22. The molecule has 348 valence electrons. The molecule has 0 aliphatic heterocycles. The molecule has 0 N–H and O–H groups in total. The number of aryl methyl sites for hydroxylation is 7. The molecule has 0 radical (unpaired) electrons. The quantitative estimate of drug-likeness (QED) is 0.129. The summed E-state index contributed by atoms with van der Waals surface area (Å²) in [4.78, 5) is 21.7. The standard InChI is InChI=1S/C66H59N5/c1-42-37-45(4)61(46(5)38-42)70(62-47(6)39-43(2)40-48(62)7)60-41-44(3)49(8)63(50(60)9)71(59-36-24-23-33-56(59)53-29-17-12-18-30-53)66-68-64(57-34-21-19-31-54(57)51-25-13-10-14-26-51)67-65(69-66)58-35-22-20-32-55(58)52-27-15-11-16-28-52/h10-41H,1-9H3. The molecule has 0 spiro atoms. The molecule has 5 nitrogen and oxygen atoms in total. The zero-order valence-corrected chi connectivity index (χ0v) is 42.2. The van der Waals surface area contributed by atoms with Crippen molar-refractivity contribution in [2.75, 3.05) is 9.80 Å². The second-order valence-corrected chi connectivity index (χ2v) is 19.0. The summed E-state index contributed by atoms with van der Waals surface area (Å²) in [5, 5.41) is 0. The fourth-order valence-corrected chi connectivity index (χ4v) is 10.6. The Morgan fingerprint density at radius 3 is 1.08 bits per heavy atom. The number of rotatable bonds is 11. The fraction of sp³-hybridized carbons (Fsp3) is 0.136. The topological polar surface area (TPSA) is 45.2 Å². The molecule has 10 aromatic rings. The molecule has 1 aromatic heterocycles. The van der Waals surface area contributed by atoms with E-state index < -0.39 is 0 Å². The Balaban J connectivity index is 1.34. The van der Waals surface area contributed by atoms with Gasteiger partial charge < -0.3 is 4.90 Å². The van der Waals surface area contributed by atoms with E-state index in [-0.39, 0.29) is 0 Å². The predicted molar refractivity (Wildman–Crippen MR) is 299 cm³/mol. The minimum Gasteiger partial charge on any atom is -0.309 e. The SMILES string of the molecule is Cc1cc(C)c(N(c2cc(C)c(C)c(N(c3nc(-c4ccccc4-c4ccccc4)nc(-c4ccccc4-c4ccccc4)n3)c3ccccc3-c3ccccc3)c2C)c2c(C)cc(C)cc2C)c(C)c1. The van der Waals surface area contributed by atoms with Crippen molar-refractivity contribution in [3.05, 3.63) is 244 Å². The van der Waals surface area contributed by atoms with Gasteiger partial charge in [-0.25, -0.2) is 4.98 Å². The summed E-state index contributed by atoms with van der Waals surface area (Å²) in [5.74, 6) is 1.67. The van der Waals surface area contributed by atoms with Crippen LogP contribution in [-0.4, -0.2) is 15.0 Å². The number of hydrogen-bond acceptors (Lipinski definition) is 5. The Morgan fingerprint density at radius 1 is 0.282 bits per heavy atom. The van der Waals surface area contributed by atoms with E-state index in [0.29, 0.717) is 17.6 Å². The van der Waals surface area contributed by atoms with E-state index in [4.69, 9.17) is 15.0 Å². The molecule has 0 fully saturated rings. The van der Waals surface area contributed by atoms with Crippen molar-refractivity contribution >= 4 is 34.4 Å². The molecule has 0 bridgehead atoms. The van der Waals surface area contributed by atoms with Gasteiger partial charge in [0.25, 0.3) is 0 Å². The van der Waals surface area contributed by atoms with Gasteiger partial charge in [-0.2, -0.15) is 9.97 Å². The Kier molecular flexibility index (Phi) is 12.7. The van der Waals surface area contributed by atoms with Crippen LogP contribution in [0.1, 0.15) is 50.1 Å². The Hall–Kier alpha value is -8.41. The minimum atomic E-state index is 0.513. The lowest BCUT2D eigenvalue weighted by molar-refractivity contribution is 1.01. The number of nitrogens with zero attached hydrogens (tertiary/aromatic N) is 5. The summed E-state index contributed by atoms with van der Waals surface area (Å²) in [5.41, 5.74) is 24.3. The van der Waals surface area contributed by atoms with E-state index in [2.05, 4.69) is 266 Å². The number of para-hydroxylation sites is 1. The average molecular weight is 922 g/mol. The molecule has 0 saturated heterocycles. The van der Waals surface area contributed by atoms with Gasteiger partial charge in [0, 0.05) is 16.7 Å². The first kappa shape index (κ1) is 46.3. The largest absolute Gasteiger partial charge is 0.309 e. The fourth-order valence-electron chi connectivity index (χ4n) is 10.6. The van der Waals surface area contributed by atoms with Gasteiger partial charge in [-0.15, -0.1) is 0 Å². The van der Waals surface area contributed by atoms with Crippen LogP contribution in [-0.2, 0) is 0 Å². The first-order valence-electron chi connectivity index (χ1n) is 24.5. The molecule has 0 saturated carbocycles. The summed E-state index contributed by atoms with van der Waals surface area (Å²) in [6, 6.07) is 68.9. The highest BCUT2D eigenvalue weighted by atomic mass is 15.3. The van der Waals surface area contributed by atoms with Gasteiger partial charge in [0.05, 0.1) is 28.4 Å². The maximum Gasteiger partial charge on any atom is 0.238 e. The molecule has 10 rings (SSSR count). The third-order valence-corrected chi connectivity index (χ3v) is 13.8. The second-order valence-electron chi connectivity index (χ2n) is 19.0. The van der Waals surface area contributed by atoms with Crippen LogP contribution >= 0.6 is 0 Å². The number of anilines is 6. The smallest absolute Gasteiger partial charge is 0.238 e. The van der Waals surface area contributed by atoms with Crippen LogP contribution in [0.5, 0.6) is 0 Å². The van der Waals surface area contributed by atoms with E-state index in [1.165, 1.54) is 44.8 Å². The molecule has 1 heterocycles. The maximum absolute atomic E-state index is 5.67. The van der Waals surface area contributed by atoms with Gasteiger partial charge in [-0.1, -0.05) is 193 Å². The average Bonchev–Trinajstić information content (AvgIpc) is 3.38. The van der Waals surface area contributed by atoms with E-state index in [0.717, 1.165) is 78.3 Å². The molecule has 0 unspecified atom stereocenters. The molecular weight excluding hydrogens is 863 g/mol. The highest BCUT2D eigenvalue weighted by Gasteiger charge is 2.31. The Morgan fingerprint density at radius 2 is 0.648 bits per heavy atom. The maximum atomic E-state index is 5.67. The van der Waals surface area contributed by atoms with Gasteiger partial charge in [0.1, 0.15) is 0 Å². The van der Waals surface area contributed by atoms with Crippen molar-refractivity contribution in [2.24, 2.45) is 0 Å². The van der Waals surface area contributed by atoms with Crippen LogP contribution in [0.3, 0.4) is 0 Å². The van der Waals surface area contributed by atoms with Crippen molar-refractivity contribution in [2.45, 2.75) is 62.3 Å². The zero-order chi connectivity index (χ0) is 49.3. The lowest BCUT2D eigenvalue weighted by atomic mass is 9.94. The van der Waals surface area contributed by atoms with Crippen molar-refractivity contribution in [1.82, 2.24) is 15.0 Å². The highest BCUT2D eigenvalue weighted by Crippen LogP contribution is 2.51. The van der Waals surface area contributed by atoms with Crippen LogP contribution < -0.4 is 9.80 Å². The van der Waals surface area contributed by atoms with E-state index >= 15 is 0 Å². The van der Waals surface area contributed by atoms with Gasteiger partial charge in [0.15, 0.2) is 11.6 Å². The Bertz CT molecular complexity index is 3380. The molecule has 0 aliphatic rings. The van der Waals surface area contributed by atoms with Gasteiger partial charge in [-0.05, 0) is 141 Å². The second kappa shape index (κ2) is 19.5. The lowest BCUT2D eigenvalue weighted by Gasteiger charge is -2.36. The Labute approximate surface area is 419 Å². The molecule has 9 aromatic carbocycles. The van der Waals surface area contributed by atoms with Crippen LogP contribution in [0.2, 0.25) is 0 Å². The van der Waals surface area contributed by atoms with E-state index in [9.17, 15) is 0 Å². The molecule has 0 atom stereocenters. The third-order valence-electron chi connectivity index (χ3n) is 13.8. The number of aromatic nitrogens is 3. The van der Waals surface area contributed by atoms with E-state index in [1.54, 1.807) is 0 Å². The van der Waals surface area contributed by atoms with Gasteiger partial charge >= 0.3 is 0 Å². The van der Waals surface area contributed by atoms with Crippen molar-refractivity contribution < 1.29 is 0 Å². The predicted octanol–water partition coefficient (Wildman–Crippen LogP) is 17.9. The summed E-state index contributed by atoms with van der Waals surface area (Å²) in [6.07, 6.45) is 0. The number of hydrogen-bond donors (Lipinski definition) is 0. The summed E-state index contributed by atoms with van der Waals surface area (Å²) >= 11 is 0. The van der Waals surface area contributed by atoms with Gasteiger partial charge in [0.2, 0.25) is 5.95 Å². The molecule has 0 aliphatic carbocycles. The third kappa shape index (κ3) is 8.92. The normalized spacial score (nSPS) is 11.2. The van der Waals surface area contributed by atoms with Gasteiger partial charge in [-0.3, -0.25) is 4.90 Å². The first-order valence-corrected chi connectivity index (χ1v) is 24.5. The molecule has 0 amide bonds. The zero-order valence-electron chi connectivity index (χ0n) is 42.2. The summed E-state index contributed by atoms with van der Waals surface area (Å²) in [7, 11) is 0. The van der Waals surface area contributed by atoms with Crippen molar-refractivity contribution in [3.8, 4) is 56.2 Å². The summed E-state index contributed by atoms with van der Waals surface area (Å²) in [6.45, 7) is 20.1. The van der Waals surface area contributed by atoms with Crippen molar-refractivity contribution in [3.63, 3.8) is 0 Å². The van der Waals surface area contributed by atoms with Crippen LogP contribution in [0.15, 0.2) is 194 Å². The summed E-state index contributed by atoms with van der Waals surface area (Å²) < 4.78 is 0. The van der Waals surface area contributed by atoms with E-state index in [1.807, 2.05) is 0 Å². The van der Waals surface area contributed by atoms with Crippen LogP contribution in [0, 0.1) is 62.3 Å². The first-order chi connectivity index (χ1) is 34.5. The van der Waals surface area contributed by atoms with Crippen LogP contribution in [0.4, 0.5) is 34.4 Å². The molecular formula is C66H59N5. The van der Waals surface area contributed by atoms with Crippen molar-refractivity contribution in [1.29, 1.82) is 0 Å². The molecule has 71 heavy (non-hydrogen) atoms.